The maximum Gasteiger partial charge on any atom is 0.126 e. The van der Waals surface area contributed by atoms with Crippen LogP contribution in [0.15, 0.2) is 22.7 Å². The van der Waals surface area contributed by atoms with Crippen LogP contribution in [0.4, 0.5) is 4.39 Å². The van der Waals surface area contributed by atoms with E-state index in [0.717, 1.165) is 10.9 Å². The number of methoxy groups -OCH3 is 1. The van der Waals surface area contributed by atoms with Crippen molar-refractivity contribution in [2.45, 2.75) is 25.4 Å². The van der Waals surface area contributed by atoms with E-state index in [2.05, 4.69) is 15.9 Å². The molecule has 1 aromatic carbocycles. The monoisotopic (exact) mass is 290 g/mol. The van der Waals surface area contributed by atoms with E-state index < -0.39 is 6.10 Å². The lowest BCUT2D eigenvalue weighted by atomic mass is 10.0. The first-order valence-electron chi connectivity index (χ1n) is 5.24. The van der Waals surface area contributed by atoms with E-state index in [9.17, 15) is 9.50 Å². The molecule has 0 aliphatic carbocycles. The summed E-state index contributed by atoms with van der Waals surface area (Å²) < 4.78 is 19.1. The van der Waals surface area contributed by atoms with Gasteiger partial charge >= 0.3 is 0 Å². The molecule has 4 heteroatoms. The maximum atomic E-state index is 13.4. The predicted octanol–water partition coefficient (Wildman–Crippen LogP) is 2.92. The summed E-state index contributed by atoms with van der Waals surface area (Å²) in [6.07, 6.45) is 1.24. The lowest BCUT2D eigenvalue weighted by Gasteiger charge is -2.11. The zero-order valence-corrected chi connectivity index (χ0v) is 10.8. The molecule has 1 atom stereocenters. The Labute approximate surface area is 104 Å². The summed E-state index contributed by atoms with van der Waals surface area (Å²) in [4.78, 5) is 0. The lowest BCUT2D eigenvalue weighted by molar-refractivity contribution is 0.134. The lowest BCUT2D eigenvalue weighted by Crippen LogP contribution is -2.12. The number of halogens is 2. The van der Waals surface area contributed by atoms with Gasteiger partial charge in [-0.05, 0) is 36.6 Å². The second kappa shape index (κ2) is 6.99. The number of benzene rings is 1. The zero-order valence-electron chi connectivity index (χ0n) is 9.25. The molecule has 0 spiro atoms. The minimum Gasteiger partial charge on any atom is -0.393 e. The van der Waals surface area contributed by atoms with Gasteiger partial charge in [0, 0.05) is 24.6 Å². The molecule has 2 nitrogen and oxygen atoms in total. The van der Waals surface area contributed by atoms with Crippen LogP contribution >= 0.6 is 15.9 Å². The van der Waals surface area contributed by atoms with E-state index >= 15 is 0 Å². The molecule has 0 amide bonds. The van der Waals surface area contributed by atoms with Gasteiger partial charge in [0.25, 0.3) is 0 Å². The molecule has 1 N–H and O–H groups in total. The molecule has 90 valence electrons. The van der Waals surface area contributed by atoms with Gasteiger partial charge in [0.1, 0.15) is 5.82 Å². The molecule has 1 unspecified atom stereocenters. The van der Waals surface area contributed by atoms with Gasteiger partial charge < -0.3 is 9.84 Å². The summed E-state index contributed by atoms with van der Waals surface area (Å²) in [5, 5.41) is 9.71. The van der Waals surface area contributed by atoms with Crippen molar-refractivity contribution in [3.8, 4) is 0 Å². The molecule has 0 fully saturated rings. The third kappa shape index (κ3) is 4.60. The van der Waals surface area contributed by atoms with E-state index in [-0.39, 0.29) is 5.82 Å². The highest BCUT2D eigenvalue weighted by Gasteiger charge is 2.09. The smallest absolute Gasteiger partial charge is 0.126 e. The van der Waals surface area contributed by atoms with Crippen LogP contribution < -0.4 is 0 Å². The van der Waals surface area contributed by atoms with Gasteiger partial charge in [0.05, 0.1) is 6.10 Å². The largest absolute Gasteiger partial charge is 0.393 e. The van der Waals surface area contributed by atoms with Crippen LogP contribution in [0.2, 0.25) is 0 Å². The Balaban J connectivity index is 2.48. The van der Waals surface area contributed by atoms with Crippen molar-refractivity contribution in [1.29, 1.82) is 0 Å². The molecular formula is C12H16BrFO2. The summed E-state index contributed by atoms with van der Waals surface area (Å²) in [5.41, 5.74) is 0.541. The highest BCUT2D eigenvalue weighted by molar-refractivity contribution is 9.10. The second-order valence-electron chi connectivity index (χ2n) is 3.73. The van der Waals surface area contributed by atoms with Crippen LogP contribution in [-0.4, -0.2) is 24.9 Å². The molecule has 0 heterocycles. The Hall–Kier alpha value is -0.450. The first-order chi connectivity index (χ1) is 7.63. The van der Waals surface area contributed by atoms with Gasteiger partial charge in [-0.2, -0.15) is 0 Å². The van der Waals surface area contributed by atoms with Crippen molar-refractivity contribution in [2.24, 2.45) is 0 Å². The molecule has 0 radical (unpaired) electrons. The summed E-state index contributed by atoms with van der Waals surface area (Å²) in [5.74, 6) is -0.269. The Bertz CT molecular complexity index is 331. The molecule has 1 rings (SSSR count). The van der Waals surface area contributed by atoms with E-state index in [1.165, 1.54) is 6.07 Å². The number of hydrogen-bond donors (Lipinski definition) is 1. The fourth-order valence-corrected chi connectivity index (χ4v) is 1.93. The van der Waals surface area contributed by atoms with E-state index in [1.54, 1.807) is 19.2 Å². The van der Waals surface area contributed by atoms with Crippen LogP contribution in [0, 0.1) is 5.82 Å². The Morgan fingerprint density at radius 1 is 1.50 bits per heavy atom. The molecule has 0 saturated heterocycles. The van der Waals surface area contributed by atoms with E-state index in [1.807, 2.05) is 0 Å². The molecule has 0 aliphatic rings. The Morgan fingerprint density at radius 3 is 2.94 bits per heavy atom. The van der Waals surface area contributed by atoms with Crippen LogP contribution in [0.3, 0.4) is 0 Å². The number of aliphatic hydroxyl groups excluding tert-OH is 1. The Kier molecular flexibility index (Phi) is 5.95. The molecule has 0 aromatic heterocycles. The SMILES string of the molecule is COCCCC(O)Cc1cc(Br)ccc1F. The summed E-state index contributed by atoms with van der Waals surface area (Å²) in [7, 11) is 1.63. The van der Waals surface area contributed by atoms with Crippen molar-refractivity contribution in [2.75, 3.05) is 13.7 Å². The minimum atomic E-state index is -0.515. The summed E-state index contributed by atoms with van der Waals surface area (Å²) in [6, 6.07) is 4.76. The quantitative estimate of drug-likeness (QED) is 0.817. The maximum absolute atomic E-state index is 13.4. The number of aliphatic hydroxyl groups is 1. The molecule has 0 aliphatic heterocycles. The van der Waals surface area contributed by atoms with E-state index in [4.69, 9.17) is 4.74 Å². The summed E-state index contributed by atoms with van der Waals surface area (Å²) >= 11 is 3.28. The first-order valence-corrected chi connectivity index (χ1v) is 6.03. The van der Waals surface area contributed by atoms with Crippen LogP contribution in [0.5, 0.6) is 0 Å². The van der Waals surface area contributed by atoms with Crippen molar-refractivity contribution in [3.05, 3.63) is 34.1 Å². The van der Waals surface area contributed by atoms with Gasteiger partial charge in [-0.3, -0.25) is 0 Å². The van der Waals surface area contributed by atoms with Crippen molar-refractivity contribution >= 4 is 15.9 Å². The predicted molar refractivity (Wildman–Crippen MR) is 64.9 cm³/mol. The van der Waals surface area contributed by atoms with Crippen LogP contribution in [0.25, 0.3) is 0 Å². The topological polar surface area (TPSA) is 29.5 Å². The molecule has 0 bridgehead atoms. The highest BCUT2D eigenvalue weighted by Crippen LogP contribution is 2.18. The fraction of sp³-hybridized carbons (Fsp3) is 0.500. The van der Waals surface area contributed by atoms with Crippen molar-refractivity contribution in [3.63, 3.8) is 0 Å². The average molecular weight is 291 g/mol. The fourth-order valence-electron chi connectivity index (χ4n) is 1.52. The van der Waals surface area contributed by atoms with E-state index in [0.29, 0.717) is 25.0 Å². The van der Waals surface area contributed by atoms with Gasteiger partial charge in [0.15, 0.2) is 0 Å². The zero-order chi connectivity index (χ0) is 12.0. The molecule has 0 saturated carbocycles. The highest BCUT2D eigenvalue weighted by atomic mass is 79.9. The van der Waals surface area contributed by atoms with Crippen molar-refractivity contribution < 1.29 is 14.2 Å². The summed E-state index contributed by atoms with van der Waals surface area (Å²) in [6.45, 7) is 0.623. The molecular weight excluding hydrogens is 275 g/mol. The van der Waals surface area contributed by atoms with Gasteiger partial charge in [-0.1, -0.05) is 15.9 Å². The third-order valence-electron chi connectivity index (χ3n) is 2.35. The second-order valence-corrected chi connectivity index (χ2v) is 4.64. The normalized spacial score (nSPS) is 12.8. The van der Waals surface area contributed by atoms with Gasteiger partial charge in [-0.25, -0.2) is 4.39 Å². The van der Waals surface area contributed by atoms with Crippen molar-refractivity contribution in [1.82, 2.24) is 0 Å². The van der Waals surface area contributed by atoms with Crippen LogP contribution in [0.1, 0.15) is 18.4 Å². The van der Waals surface area contributed by atoms with Gasteiger partial charge in [-0.15, -0.1) is 0 Å². The third-order valence-corrected chi connectivity index (χ3v) is 2.84. The Morgan fingerprint density at radius 2 is 2.25 bits per heavy atom. The first kappa shape index (κ1) is 13.6. The standard InChI is InChI=1S/C12H16BrFO2/c1-16-6-2-3-11(15)8-9-7-10(13)4-5-12(9)14/h4-5,7,11,15H,2-3,6,8H2,1H3. The minimum absolute atomic E-state index is 0.269. The average Bonchev–Trinajstić information content (AvgIpc) is 2.24. The molecule has 1 aromatic rings. The number of ether oxygens (including phenoxy) is 1. The number of hydrogen-bond acceptors (Lipinski definition) is 2. The van der Waals surface area contributed by atoms with Gasteiger partial charge in [0.2, 0.25) is 0 Å². The number of rotatable bonds is 6. The molecule has 16 heavy (non-hydrogen) atoms. The van der Waals surface area contributed by atoms with Crippen LogP contribution in [-0.2, 0) is 11.2 Å².